The molecule has 0 bridgehead atoms. The summed E-state index contributed by atoms with van der Waals surface area (Å²) in [4.78, 5) is 34.4. The number of para-hydroxylation sites is 1. The van der Waals surface area contributed by atoms with Crippen molar-refractivity contribution < 1.29 is 28.2 Å². The largest absolute Gasteiger partial charge is 0.490 e. The Morgan fingerprint density at radius 2 is 1.86 bits per heavy atom. The molecule has 0 aliphatic carbocycles. The predicted octanol–water partition coefficient (Wildman–Crippen LogP) is 1.18. The van der Waals surface area contributed by atoms with E-state index in [4.69, 9.17) is 15.2 Å². The summed E-state index contributed by atoms with van der Waals surface area (Å²) in [7, 11) is 0. The summed E-state index contributed by atoms with van der Waals surface area (Å²) in [5.41, 5.74) is 7.49. The van der Waals surface area contributed by atoms with Crippen LogP contribution >= 0.6 is 0 Å². The minimum absolute atomic E-state index is 0.121. The molecule has 152 valence electrons. The molecule has 0 heterocycles. The van der Waals surface area contributed by atoms with Crippen LogP contribution in [0, 0.1) is 5.82 Å². The first-order valence-corrected chi connectivity index (χ1v) is 8.47. The SMILES string of the molecule is CCOc1cc(C=NNC(=O)C(=O)Nc2ccccc2F)ccc1OCC(N)=O. The second-order valence-corrected chi connectivity index (χ2v) is 5.53. The maximum atomic E-state index is 13.5. The average Bonchev–Trinajstić information content (AvgIpc) is 2.69. The Hall–Kier alpha value is -3.95. The van der Waals surface area contributed by atoms with Gasteiger partial charge in [0.15, 0.2) is 18.1 Å². The second kappa shape index (κ2) is 10.4. The van der Waals surface area contributed by atoms with Crippen molar-refractivity contribution in [3.05, 3.63) is 53.8 Å². The lowest BCUT2D eigenvalue weighted by Gasteiger charge is -2.11. The van der Waals surface area contributed by atoms with Crippen LogP contribution in [0.2, 0.25) is 0 Å². The molecule has 0 saturated heterocycles. The summed E-state index contributed by atoms with van der Waals surface area (Å²) < 4.78 is 24.2. The van der Waals surface area contributed by atoms with Crippen LogP contribution in [0.1, 0.15) is 12.5 Å². The van der Waals surface area contributed by atoms with Gasteiger partial charge in [-0.3, -0.25) is 14.4 Å². The molecule has 0 atom stereocenters. The zero-order chi connectivity index (χ0) is 21.2. The number of carbonyl (C=O) groups is 3. The highest BCUT2D eigenvalue weighted by Gasteiger charge is 2.14. The van der Waals surface area contributed by atoms with E-state index in [-0.39, 0.29) is 12.3 Å². The predicted molar refractivity (Wildman–Crippen MR) is 103 cm³/mol. The van der Waals surface area contributed by atoms with Crippen molar-refractivity contribution >= 4 is 29.6 Å². The van der Waals surface area contributed by atoms with Crippen LogP contribution in [-0.4, -0.2) is 37.1 Å². The van der Waals surface area contributed by atoms with E-state index in [0.717, 1.165) is 6.07 Å². The molecular formula is C19H19FN4O5. The van der Waals surface area contributed by atoms with E-state index in [1.54, 1.807) is 25.1 Å². The number of carbonyl (C=O) groups excluding carboxylic acids is 3. The van der Waals surface area contributed by atoms with E-state index in [1.165, 1.54) is 24.4 Å². The summed E-state index contributed by atoms with van der Waals surface area (Å²) in [5, 5.41) is 5.82. The topological polar surface area (TPSA) is 132 Å². The molecule has 0 saturated carbocycles. The molecule has 29 heavy (non-hydrogen) atoms. The Bertz CT molecular complexity index is 933. The van der Waals surface area contributed by atoms with Gasteiger partial charge >= 0.3 is 11.8 Å². The number of hydrogen-bond donors (Lipinski definition) is 3. The Kier molecular flexibility index (Phi) is 7.66. The summed E-state index contributed by atoms with van der Waals surface area (Å²) in [5.74, 6) is -2.78. The zero-order valence-electron chi connectivity index (χ0n) is 15.5. The van der Waals surface area contributed by atoms with Gasteiger partial charge in [0.25, 0.3) is 5.91 Å². The van der Waals surface area contributed by atoms with Gasteiger partial charge in [0, 0.05) is 0 Å². The van der Waals surface area contributed by atoms with Gasteiger partial charge in [0.1, 0.15) is 5.82 Å². The first-order valence-electron chi connectivity index (χ1n) is 8.47. The highest BCUT2D eigenvalue weighted by molar-refractivity contribution is 6.39. The van der Waals surface area contributed by atoms with Gasteiger partial charge < -0.3 is 20.5 Å². The van der Waals surface area contributed by atoms with Gasteiger partial charge in [-0.1, -0.05) is 12.1 Å². The molecule has 0 spiro atoms. The van der Waals surface area contributed by atoms with Gasteiger partial charge in [-0.15, -0.1) is 0 Å². The van der Waals surface area contributed by atoms with Crippen LogP contribution in [-0.2, 0) is 14.4 Å². The van der Waals surface area contributed by atoms with Gasteiger partial charge in [-0.05, 0) is 42.8 Å². The van der Waals surface area contributed by atoms with Crippen molar-refractivity contribution in [2.24, 2.45) is 10.8 Å². The highest BCUT2D eigenvalue weighted by Crippen LogP contribution is 2.28. The summed E-state index contributed by atoms with van der Waals surface area (Å²) >= 11 is 0. The maximum absolute atomic E-state index is 13.5. The van der Waals surface area contributed by atoms with E-state index >= 15 is 0 Å². The van der Waals surface area contributed by atoms with Crippen LogP contribution < -0.4 is 25.9 Å². The number of halogens is 1. The number of hydrogen-bond acceptors (Lipinski definition) is 6. The Morgan fingerprint density at radius 1 is 1.10 bits per heavy atom. The number of nitrogens with two attached hydrogens (primary N) is 1. The van der Waals surface area contributed by atoms with Crippen LogP contribution in [0.4, 0.5) is 10.1 Å². The molecule has 0 radical (unpaired) electrons. The fourth-order valence-corrected chi connectivity index (χ4v) is 2.10. The molecule has 0 aliphatic rings. The number of benzene rings is 2. The molecule has 2 aromatic rings. The number of amides is 3. The quantitative estimate of drug-likeness (QED) is 0.346. The highest BCUT2D eigenvalue weighted by atomic mass is 19.1. The third-order valence-corrected chi connectivity index (χ3v) is 3.35. The Balaban J connectivity index is 1.98. The molecular weight excluding hydrogens is 383 g/mol. The number of primary amides is 1. The third-order valence-electron chi connectivity index (χ3n) is 3.35. The van der Waals surface area contributed by atoms with Crippen LogP contribution in [0.25, 0.3) is 0 Å². The standard InChI is InChI=1S/C19H19FN4O5/c1-2-28-16-9-12(7-8-15(16)29-11-17(21)25)10-22-24-19(27)18(26)23-14-6-4-3-5-13(14)20/h3-10H,2,11H2,1H3,(H2,21,25)(H,23,26)(H,24,27). The molecule has 10 heteroatoms. The molecule has 0 aliphatic heterocycles. The minimum Gasteiger partial charge on any atom is -0.490 e. The molecule has 2 rings (SSSR count). The van der Waals surface area contributed by atoms with Crippen LogP contribution in [0.3, 0.4) is 0 Å². The number of anilines is 1. The Morgan fingerprint density at radius 3 is 2.55 bits per heavy atom. The van der Waals surface area contributed by atoms with Crippen molar-refractivity contribution in [3.63, 3.8) is 0 Å². The van der Waals surface area contributed by atoms with Gasteiger partial charge in [0.2, 0.25) is 0 Å². The average molecular weight is 402 g/mol. The van der Waals surface area contributed by atoms with Gasteiger partial charge in [-0.2, -0.15) is 5.10 Å². The van der Waals surface area contributed by atoms with E-state index in [1.807, 2.05) is 5.43 Å². The van der Waals surface area contributed by atoms with E-state index in [0.29, 0.717) is 23.7 Å². The first kappa shape index (κ1) is 21.4. The van der Waals surface area contributed by atoms with Crippen LogP contribution in [0.15, 0.2) is 47.6 Å². The van der Waals surface area contributed by atoms with Gasteiger partial charge in [-0.25, -0.2) is 9.82 Å². The van der Waals surface area contributed by atoms with Crippen molar-refractivity contribution in [2.45, 2.75) is 6.92 Å². The first-order chi connectivity index (χ1) is 13.9. The number of rotatable bonds is 8. The monoisotopic (exact) mass is 402 g/mol. The second-order valence-electron chi connectivity index (χ2n) is 5.53. The van der Waals surface area contributed by atoms with E-state index in [9.17, 15) is 18.8 Å². The molecule has 3 amide bonds. The van der Waals surface area contributed by atoms with Gasteiger partial charge in [0.05, 0.1) is 18.5 Å². The number of nitrogens with zero attached hydrogens (tertiary/aromatic N) is 1. The van der Waals surface area contributed by atoms with Crippen molar-refractivity contribution in [3.8, 4) is 11.5 Å². The molecule has 0 unspecified atom stereocenters. The normalized spacial score (nSPS) is 10.4. The van der Waals surface area contributed by atoms with E-state index < -0.39 is 23.5 Å². The fourth-order valence-electron chi connectivity index (χ4n) is 2.10. The molecule has 4 N–H and O–H groups in total. The lowest BCUT2D eigenvalue weighted by Crippen LogP contribution is -2.32. The molecule has 0 fully saturated rings. The summed E-state index contributed by atoms with van der Waals surface area (Å²) in [6, 6.07) is 10.1. The molecule has 2 aromatic carbocycles. The third kappa shape index (κ3) is 6.61. The lowest BCUT2D eigenvalue weighted by molar-refractivity contribution is -0.136. The van der Waals surface area contributed by atoms with E-state index in [2.05, 4.69) is 10.4 Å². The van der Waals surface area contributed by atoms with Crippen molar-refractivity contribution in [1.29, 1.82) is 0 Å². The zero-order valence-corrected chi connectivity index (χ0v) is 15.5. The smallest absolute Gasteiger partial charge is 0.329 e. The fraction of sp³-hybridized carbons (Fsp3) is 0.158. The number of nitrogens with one attached hydrogen (secondary N) is 2. The maximum Gasteiger partial charge on any atom is 0.329 e. The summed E-state index contributed by atoms with van der Waals surface area (Å²) in [6.45, 7) is 1.81. The Labute approximate surface area is 165 Å². The number of hydrazone groups is 1. The van der Waals surface area contributed by atoms with Crippen LogP contribution in [0.5, 0.6) is 11.5 Å². The summed E-state index contributed by atoms with van der Waals surface area (Å²) in [6.07, 6.45) is 1.27. The minimum atomic E-state index is -1.07. The number of ether oxygens (including phenoxy) is 2. The van der Waals surface area contributed by atoms with Crippen molar-refractivity contribution in [1.82, 2.24) is 5.43 Å². The molecule has 0 aromatic heterocycles. The lowest BCUT2D eigenvalue weighted by atomic mass is 10.2. The molecule has 9 nitrogen and oxygen atoms in total. The van der Waals surface area contributed by atoms with Crippen molar-refractivity contribution in [2.75, 3.05) is 18.5 Å².